The Morgan fingerprint density at radius 3 is 2.20 bits per heavy atom. The molecule has 3 nitrogen and oxygen atoms in total. The number of nitrogens with one attached hydrogen (secondary N) is 1. The molecule has 0 spiro atoms. The molecule has 2 aliphatic rings. The highest BCUT2D eigenvalue weighted by molar-refractivity contribution is 5.79. The smallest absolute Gasteiger partial charge is 0.408 e. The molecular weight excluding hydrogens is 310 g/mol. The molecule has 0 aliphatic heterocycles. The molecule has 1 N–H and O–H groups in total. The molecule has 2 aromatic carbocycles. The Labute approximate surface area is 148 Å². The molecule has 0 atom stereocenters. The van der Waals surface area contributed by atoms with E-state index >= 15 is 0 Å². The molecule has 3 heteroatoms. The Hall–Kier alpha value is -2.73. The second-order valence-corrected chi connectivity index (χ2v) is 6.88. The molecule has 1 fully saturated rings. The summed E-state index contributed by atoms with van der Waals surface area (Å²) in [5.74, 6) is 2.83. The number of benzene rings is 2. The molecular formula is C22H21NO2. The van der Waals surface area contributed by atoms with Gasteiger partial charge in [0.15, 0.2) is 0 Å². The van der Waals surface area contributed by atoms with Crippen LogP contribution in [-0.4, -0.2) is 18.2 Å². The quantitative estimate of drug-likeness (QED) is 0.843. The normalized spacial score (nSPS) is 17.4. The van der Waals surface area contributed by atoms with Crippen LogP contribution >= 0.6 is 0 Å². The lowest BCUT2D eigenvalue weighted by Crippen LogP contribution is -2.45. The highest BCUT2D eigenvalue weighted by atomic mass is 16.5. The van der Waals surface area contributed by atoms with Gasteiger partial charge in [-0.05, 0) is 47.9 Å². The van der Waals surface area contributed by atoms with Crippen LogP contribution in [0, 0.1) is 12.3 Å². The van der Waals surface area contributed by atoms with Crippen molar-refractivity contribution >= 4 is 6.09 Å². The SMILES string of the molecule is C#CC1(NC(=O)OCC2c3ccccc3-c3ccccc32)CCCC1. The van der Waals surface area contributed by atoms with Crippen LogP contribution < -0.4 is 5.32 Å². The number of fused-ring (bicyclic) bond motifs is 3. The van der Waals surface area contributed by atoms with Crippen molar-refractivity contribution < 1.29 is 9.53 Å². The number of carbonyl (C=O) groups is 1. The summed E-state index contributed by atoms with van der Waals surface area (Å²) in [4.78, 5) is 12.3. The van der Waals surface area contributed by atoms with Crippen LogP contribution in [0.5, 0.6) is 0 Å². The summed E-state index contributed by atoms with van der Waals surface area (Å²) in [6, 6.07) is 16.6. The van der Waals surface area contributed by atoms with Gasteiger partial charge in [0.05, 0.1) is 0 Å². The second kappa shape index (κ2) is 6.29. The number of hydrogen-bond donors (Lipinski definition) is 1. The Morgan fingerprint density at radius 2 is 1.64 bits per heavy atom. The van der Waals surface area contributed by atoms with Crippen molar-refractivity contribution in [2.75, 3.05) is 6.61 Å². The number of rotatable bonds is 3. The first-order chi connectivity index (χ1) is 12.2. The van der Waals surface area contributed by atoms with E-state index in [9.17, 15) is 4.79 Å². The van der Waals surface area contributed by atoms with E-state index in [-0.39, 0.29) is 5.92 Å². The summed E-state index contributed by atoms with van der Waals surface area (Å²) in [5, 5.41) is 2.92. The van der Waals surface area contributed by atoms with Gasteiger partial charge in [-0.25, -0.2) is 4.79 Å². The molecule has 4 rings (SSSR count). The van der Waals surface area contributed by atoms with Crippen molar-refractivity contribution in [3.8, 4) is 23.5 Å². The molecule has 2 aromatic rings. The van der Waals surface area contributed by atoms with E-state index in [1.54, 1.807) is 0 Å². The van der Waals surface area contributed by atoms with E-state index < -0.39 is 11.6 Å². The molecule has 2 aliphatic carbocycles. The van der Waals surface area contributed by atoms with Crippen LogP contribution in [0.3, 0.4) is 0 Å². The van der Waals surface area contributed by atoms with E-state index in [4.69, 9.17) is 11.2 Å². The summed E-state index contributed by atoms with van der Waals surface area (Å²) >= 11 is 0. The lowest BCUT2D eigenvalue weighted by Gasteiger charge is -2.24. The maximum absolute atomic E-state index is 12.3. The molecule has 0 bridgehead atoms. The molecule has 0 heterocycles. The number of hydrogen-bond acceptors (Lipinski definition) is 2. The van der Waals surface area contributed by atoms with Crippen LogP contribution in [0.2, 0.25) is 0 Å². The van der Waals surface area contributed by atoms with Gasteiger partial charge in [0.2, 0.25) is 0 Å². The Balaban J connectivity index is 1.50. The predicted octanol–water partition coefficient (Wildman–Crippen LogP) is 4.47. The third-order valence-electron chi connectivity index (χ3n) is 5.42. The molecule has 1 saturated carbocycles. The molecule has 0 saturated heterocycles. The zero-order chi connectivity index (χ0) is 17.3. The minimum atomic E-state index is -0.525. The van der Waals surface area contributed by atoms with Crippen molar-refractivity contribution in [1.82, 2.24) is 5.32 Å². The zero-order valence-corrected chi connectivity index (χ0v) is 14.1. The molecule has 0 radical (unpaired) electrons. The fourth-order valence-electron chi connectivity index (χ4n) is 4.11. The fraction of sp³-hybridized carbons (Fsp3) is 0.318. The highest BCUT2D eigenvalue weighted by Gasteiger charge is 2.35. The molecule has 0 unspecified atom stereocenters. The van der Waals surface area contributed by atoms with Crippen molar-refractivity contribution in [1.29, 1.82) is 0 Å². The first-order valence-electron chi connectivity index (χ1n) is 8.83. The minimum absolute atomic E-state index is 0.0727. The van der Waals surface area contributed by atoms with Crippen molar-refractivity contribution in [2.45, 2.75) is 37.1 Å². The molecule has 0 aromatic heterocycles. The Morgan fingerprint density at radius 1 is 1.08 bits per heavy atom. The summed E-state index contributed by atoms with van der Waals surface area (Å²) in [7, 11) is 0. The van der Waals surface area contributed by atoms with E-state index in [1.165, 1.54) is 22.3 Å². The second-order valence-electron chi connectivity index (χ2n) is 6.88. The number of alkyl carbamates (subject to hydrolysis) is 1. The number of terminal acetylenes is 1. The van der Waals surface area contributed by atoms with Crippen molar-refractivity contribution in [3.63, 3.8) is 0 Å². The number of amides is 1. The average molecular weight is 331 g/mol. The highest BCUT2D eigenvalue weighted by Crippen LogP contribution is 2.44. The van der Waals surface area contributed by atoms with Crippen LogP contribution in [-0.2, 0) is 4.74 Å². The zero-order valence-electron chi connectivity index (χ0n) is 14.1. The molecule has 126 valence electrons. The third-order valence-corrected chi connectivity index (χ3v) is 5.42. The van der Waals surface area contributed by atoms with Gasteiger partial charge < -0.3 is 10.1 Å². The molecule has 25 heavy (non-hydrogen) atoms. The van der Waals surface area contributed by atoms with E-state index in [0.717, 1.165) is 25.7 Å². The summed E-state index contributed by atoms with van der Waals surface area (Å²) in [6.45, 7) is 0.320. The summed E-state index contributed by atoms with van der Waals surface area (Å²) in [6.07, 6.45) is 8.98. The van der Waals surface area contributed by atoms with E-state index in [1.807, 2.05) is 24.3 Å². The topological polar surface area (TPSA) is 38.3 Å². The lowest BCUT2D eigenvalue weighted by atomic mass is 9.98. The van der Waals surface area contributed by atoms with Gasteiger partial charge in [-0.2, -0.15) is 0 Å². The Bertz CT molecular complexity index is 798. The molecule has 1 amide bonds. The monoisotopic (exact) mass is 331 g/mol. The van der Waals surface area contributed by atoms with Gasteiger partial charge in [-0.15, -0.1) is 6.42 Å². The van der Waals surface area contributed by atoms with Gasteiger partial charge in [0.1, 0.15) is 12.1 Å². The lowest BCUT2D eigenvalue weighted by molar-refractivity contribution is 0.135. The van der Waals surface area contributed by atoms with Crippen LogP contribution in [0.25, 0.3) is 11.1 Å². The van der Waals surface area contributed by atoms with Crippen molar-refractivity contribution in [2.24, 2.45) is 0 Å². The average Bonchev–Trinajstić information content (AvgIpc) is 3.23. The summed E-state index contributed by atoms with van der Waals surface area (Å²) in [5.41, 5.74) is 4.35. The van der Waals surface area contributed by atoms with E-state index in [2.05, 4.69) is 35.5 Å². The van der Waals surface area contributed by atoms with Crippen LogP contribution in [0.4, 0.5) is 4.79 Å². The van der Waals surface area contributed by atoms with Gasteiger partial charge in [0, 0.05) is 5.92 Å². The Kier molecular flexibility index (Phi) is 3.97. The summed E-state index contributed by atoms with van der Waals surface area (Å²) < 4.78 is 5.58. The number of carbonyl (C=O) groups excluding carboxylic acids is 1. The third kappa shape index (κ3) is 2.78. The largest absolute Gasteiger partial charge is 0.449 e. The van der Waals surface area contributed by atoms with E-state index in [0.29, 0.717) is 6.61 Å². The number of ether oxygens (including phenoxy) is 1. The van der Waals surface area contributed by atoms with Gasteiger partial charge in [0.25, 0.3) is 0 Å². The fourth-order valence-corrected chi connectivity index (χ4v) is 4.11. The maximum atomic E-state index is 12.3. The van der Waals surface area contributed by atoms with Crippen LogP contribution in [0.1, 0.15) is 42.7 Å². The minimum Gasteiger partial charge on any atom is -0.449 e. The van der Waals surface area contributed by atoms with Crippen molar-refractivity contribution in [3.05, 3.63) is 59.7 Å². The van der Waals surface area contributed by atoms with Gasteiger partial charge >= 0.3 is 6.09 Å². The predicted molar refractivity (Wildman–Crippen MR) is 98.2 cm³/mol. The van der Waals surface area contributed by atoms with Gasteiger partial charge in [-0.3, -0.25) is 0 Å². The standard InChI is InChI=1S/C22H21NO2/c1-2-22(13-7-8-14-22)23-21(24)25-15-20-18-11-5-3-9-16(18)17-10-4-6-12-19(17)20/h1,3-6,9-12,20H,7-8,13-15H2,(H,23,24). The maximum Gasteiger partial charge on any atom is 0.408 e. The first kappa shape index (κ1) is 15.8. The van der Waals surface area contributed by atoms with Gasteiger partial charge in [-0.1, -0.05) is 54.5 Å². The van der Waals surface area contributed by atoms with Crippen LogP contribution in [0.15, 0.2) is 48.5 Å². The first-order valence-corrected chi connectivity index (χ1v) is 8.83.